The van der Waals surface area contributed by atoms with E-state index in [1.807, 2.05) is 6.07 Å². The second kappa shape index (κ2) is 7.90. The van der Waals surface area contributed by atoms with E-state index in [0.29, 0.717) is 18.9 Å². The number of hydrogen-bond donors (Lipinski definition) is 1. The summed E-state index contributed by atoms with van der Waals surface area (Å²) in [6.45, 7) is 3.21. The number of hydrogen-bond acceptors (Lipinski definition) is 5. The van der Waals surface area contributed by atoms with Crippen LogP contribution in [0.2, 0.25) is 0 Å². The fourth-order valence-corrected chi connectivity index (χ4v) is 3.74. The number of aromatic nitrogens is 2. The second-order valence-electron chi connectivity index (χ2n) is 7.18. The van der Waals surface area contributed by atoms with Crippen molar-refractivity contribution >= 4 is 17.5 Å². The minimum Gasteiger partial charge on any atom is -0.358 e. The Hall–Kier alpha value is -2.70. The SMILES string of the molecule is O=C1C(Nc2cc(N3CCCCC3)ncn2)CCN1Cc1ccc(F)cc1. The first-order chi connectivity index (χ1) is 13.2. The standard InChI is InChI=1S/C20H24FN5O/c21-16-6-4-15(5-7-16)13-26-11-8-17(20(26)27)24-18-12-19(23-14-22-18)25-9-2-1-3-10-25/h4-7,12,14,17H,1-3,8-11,13H2,(H,22,23,24). The molecule has 1 unspecified atom stereocenters. The number of anilines is 2. The molecule has 0 bridgehead atoms. The quantitative estimate of drug-likeness (QED) is 0.878. The molecule has 0 aliphatic carbocycles. The van der Waals surface area contributed by atoms with E-state index in [1.165, 1.54) is 31.4 Å². The third-order valence-electron chi connectivity index (χ3n) is 5.24. The number of amides is 1. The summed E-state index contributed by atoms with van der Waals surface area (Å²) in [4.78, 5) is 25.5. The zero-order valence-corrected chi connectivity index (χ0v) is 15.3. The second-order valence-corrected chi connectivity index (χ2v) is 7.18. The van der Waals surface area contributed by atoms with Crippen LogP contribution in [0.5, 0.6) is 0 Å². The lowest BCUT2D eigenvalue weighted by Crippen LogP contribution is -2.33. The molecule has 142 valence electrons. The van der Waals surface area contributed by atoms with Crippen molar-refractivity contribution in [2.75, 3.05) is 29.9 Å². The van der Waals surface area contributed by atoms with Crippen LogP contribution in [0.4, 0.5) is 16.0 Å². The van der Waals surface area contributed by atoms with Gasteiger partial charge in [-0.2, -0.15) is 0 Å². The summed E-state index contributed by atoms with van der Waals surface area (Å²) >= 11 is 0. The van der Waals surface area contributed by atoms with E-state index in [2.05, 4.69) is 20.2 Å². The van der Waals surface area contributed by atoms with Crippen LogP contribution in [0, 0.1) is 5.82 Å². The highest BCUT2D eigenvalue weighted by Crippen LogP contribution is 2.22. The minimum atomic E-state index is -0.283. The summed E-state index contributed by atoms with van der Waals surface area (Å²) in [7, 11) is 0. The highest BCUT2D eigenvalue weighted by molar-refractivity contribution is 5.86. The van der Waals surface area contributed by atoms with Gasteiger partial charge in [0.15, 0.2) is 0 Å². The summed E-state index contributed by atoms with van der Waals surface area (Å²) in [5.41, 5.74) is 0.930. The van der Waals surface area contributed by atoms with Gasteiger partial charge in [-0.3, -0.25) is 4.79 Å². The average Bonchev–Trinajstić information content (AvgIpc) is 3.04. The lowest BCUT2D eigenvalue weighted by Gasteiger charge is -2.27. The van der Waals surface area contributed by atoms with Crippen molar-refractivity contribution in [2.45, 2.75) is 38.3 Å². The Kier molecular flexibility index (Phi) is 5.18. The first-order valence-corrected chi connectivity index (χ1v) is 9.56. The number of carbonyl (C=O) groups is 1. The van der Waals surface area contributed by atoms with Gasteiger partial charge in [0.1, 0.15) is 29.8 Å². The Morgan fingerprint density at radius 1 is 1.07 bits per heavy atom. The predicted molar refractivity (Wildman–Crippen MR) is 102 cm³/mol. The van der Waals surface area contributed by atoms with Crippen LogP contribution >= 0.6 is 0 Å². The van der Waals surface area contributed by atoms with Gasteiger partial charge >= 0.3 is 0 Å². The molecule has 3 heterocycles. The predicted octanol–water partition coefficient (Wildman–Crippen LogP) is 2.82. The zero-order valence-electron chi connectivity index (χ0n) is 15.3. The molecule has 1 N–H and O–H groups in total. The third-order valence-corrected chi connectivity index (χ3v) is 5.24. The highest BCUT2D eigenvalue weighted by atomic mass is 19.1. The van der Waals surface area contributed by atoms with E-state index in [9.17, 15) is 9.18 Å². The average molecular weight is 369 g/mol. The van der Waals surface area contributed by atoms with Crippen molar-refractivity contribution in [1.82, 2.24) is 14.9 Å². The number of nitrogens with one attached hydrogen (secondary N) is 1. The van der Waals surface area contributed by atoms with Crippen LogP contribution in [0.3, 0.4) is 0 Å². The maximum atomic E-state index is 13.0. The molecule has 2 aromatic rings. The zero-order chi connectivity index (χ0) is 18.6. The molecule has 0 radical (unpaired) electrons. The molecule has 2 saturated heterocycles. The van der Waals surface area contributed by atoms with Crippen molar-refractivity contribution in [1.29, 1.82) is 0 Å². The van der Waals surface area contributed by atoms with Crippen LogP contribution in [-0.4, -0.2) is 46.5 Å². The molecule has 0 spiro atoms. The normalized spacial score (nSPS) is 20.2. The first-order valence-electron chi connectivity index (χ1n) is 9.56. The topological polar surface area (TPSA) is 61.4 Å². The van der Waals surface area contributed by atoms with E-state index >= 15 is 0 Å². The third kappa shape index (κ3) is 4.18. The van der Waals surface area contributed by atoms with Crippen molar-refractivity contribution in [3.63, 3.8) is 0 Å². The van der Waals surface area contributed by atoms with Gasteiger partial charge in [-0.15, -0.1) is 0 Å². The van der Waals surface area contributed by atoms with E-state index in [4.69, 9.17) is 0 Å². The van der Waals surface area contributed by atoms with Gasteiger partial charge in [-0.05, 0) is 43.4 Å². The van der Waals surface area contributed by atoms with E-state index < -0.39 is 0 Å². The molecule has 2 aliphatic rings. The number of piperidine rings is 1. The summed E-state index contributed by atoms with van der Waals surface area (Å²) in [6.07, 6.45) is 5.93. The van der Waals surface area contributed by atoms with Crippen LogP contribution < -0.4 is 10.2 Å². The molecule has 6 nitrogen and oxygen atoms in total. The van der Waals surface area contributed by atoms with E-state index in [-0.39, 0.29) is 17.8 Å². The fraction of sp³-hybridized carbons (Fsp3) is 0.450. The van der Waals surface area contributed by atoms with E-state index in [0.717, 1.165) is 30.9 Å². The molecular weight excluding hydrogens is 345 g/mol. The lowest BCUT2D eigenvalue weighted by atomic mass is 10.1. The van der Waals surface area contributed by atoms with Gasteiger partial charge in [-0.25, -0.2) is 14.4 Å². The smallest absolute Gasteiger partial charge is 0.245 e. The highest BCUT2D eigenvalue weighted by Gasteiger charge is 2.31. The molecule has 1 amide bonds. The number of halogens is 1. The molecule has 0 saturated carbocycles. The maximum Gasteiger partial charge on any atom is 0.245 e. The van der Waals surface area contributed by atoms with Gasteiger partial charge in [0, 0.05) is 32.2 Å². The Morgan fingerprint density at radius 3 is 2.63 bits per heavy atom. The summed E-state index contributed by atoms with van der Waals surface area (Å²) in [5.74, 6) is 1.39. The minimum absolute atomic E-state index is 0.0532. The van der Waals surface area contributed by atoms with Crippen LogP contribution in [0.25, 0.3) is 0 Å². The molecule has 2 fully saturated rings. The number of benzene rings is 1. The van der Waals surface area contributed by atoms with Crippen molar-refractivity contribution in [3.05, 3.63) is 48.0 Å². The molecule has 27 heavy (non-hydrogen) atoms. The molecule has 1 atom stereocenters. The number of carbonyl (C=O) groups excluding carboxylic acids is 1. The number of rotatable bonds is 5. The van der Waals surface area contributed by atoms with Crippen LogP contribution in [0.1, 0.15) is 31.2 Å². The molecule has 2 aliphatic heterocycles. The Bertz CT molecular complexity index is 791. The lowest BCUT2D eigenvalue weighted by molar-refractivity contribution is -0.128. The van der Waals surface area contributed by atoms with Crippen LogP contribution in [0.15, 0.2) is 36.7 Å². The molecule has 1 aromatic heterocycles. The Balaban J connectivity index is 1.38. The number of likely N-dealkylation sites (tertiary alicyclic amines) is 1. The van der Waals surface area contributed by atoms with Crippen molar-refractivity contribution in [2.24, 2.45) is 0 Å². The van der Waals surface area contributed by atoms with Gasteiger partial charge < -0.3 is 15.1 Å². The first kappa shape index (κ1) is 17.7. The molecular formula is C20H24FN5O. The monoisotopic (exact) mass is 369 g/mol. The molecule has 1 aromatic carbocycles. The van der Waals surface area contributed by atoms with Gasteiger partial charge in [0.2, 0.25) is 5.91 Å². The summed E-state index contributed by atoms with van der Waals surface area (Å²) in [5, 5.41) is 3.27. The number of nitrogens with zero attached hydrogens (tertiary/aromatic N) is 4. The largest absolute Gasteiger partial charge is 0.358 e. The molecule has 7 heteroatoms. The Labute approximate surface area is 158 Å². The van der Waals surface area contributed by atoms with Crippen molar-refractivity contribution < 1.29 is 9.18 Å². The van der Waals surface area contributed by atoms with Crippen molar-refractivity contribution in [3.8, 4) is 0 Å². The maximum absolute atomic E-state index is 13.0. The van der Waals surface area contributed by atoms with Gasteiger partial charge in [0.25, 0.3) is 0 Å². The van der Waals surface area contributed by atoms with E-state index in [1.54, 1.807) is 23.4 Å². The molecule has 4 rings (SSSR count). The van der Waals surface area contributed by atoms with Crippen LogP contribution in [-0.2, 0) is 11.3 Å². The van der Waals surface area contributed by atoms with Gasteiger partial charge in [0.05, 0.1) is 0 Å². The Morgan fingerprint density at radius 2 is 1.85 bits per heavy atom. The summed E-state index contributed by atoms with van der Waals surface area (Å²) < 4.78 is 13.0. The van der Waals surface area contributed by atoms with Gasteiger partial charge in [-0.1, -0.05) is 12.1 Å². The fourth-order valence-electron chi connectivity index (χ4n) is 3.74. The summed E-state index contributed by atoms with van der Waals surface area (Å²) in [6, 6.07) is 7.94.